The Labute approximate surface area is 132 Å². The van der Waals surface area contributed by atoms with E-state index in [1.54, 1.807) is 12.4 Å². The highest BCUT2D eigenvalue weighted by molar-refractivity contribution is 7.08. The number of aromatic nitrogens is 2. The summed E-state index contributed by atoms with van der Waals surface area (Å²) in [6.07, 6.45) is 4.81. The van der Waals surface area contributed by atoms with Gasteiger partial charge in [0.1, 0.15) is 6.10 Å². The van der Waals surface area contributed by atoms with Gasteiger partial charge in [0.05, 0.1) is 19.2 Å². The average molecular weight is 319 g/mol. The van der Waals surface area contributed by atoms with E-state index in [1.807, 2.05) is 21.7 Å². The van der Waals surface area contributed by atoms with E-state index in [4.69, 9.17) is 9.47 Å². The van der Waals surface area contributed by atoms with E-state index in [1.165, 1.54) is 18.4 Å². The minimum atomic E-state index is -0.0954. The summed E-state index contributed by atoms with van der Waals surface area (Å²) in [6, 6.07) is 1.85. The van der Waals surface area contributed by atoms with Gasteiger partial charge in [0.2, 0.25) is 0 Å². The van der Waals surface area contributed by atoms with Gasteiger partial charge in [-0.3, -0.25) is 4.79 Å². The summed E-state index contributed by atoms with van der Waals surface area (Å²) >= 11 is 1.53. The highest BCUT2D eigenvalue weighted by Crippen LogP contribution is 2.24. The SMILES string of the molecule is COc1nccnc1OC1CCCN(C(=O)c2ccsc2)C1. The summed E-state index contributed by atoms with van der Waals surface area (Å²) in [5, 5.41) is 3.79. The first kappa shape index (κ1) is 14.8. The molecule has 3 heterocycles. The molecule has 22 heavy (non-hydrogen) atoms. The third kappa shape index (κ3) is 3.19. The average Bonchev–Trinajstić information content (AvgIpc) is 3.09. The Balaban J connectivity index is 1.67. The molecule has 0 bridgehead atoms. The molecule has 1 atom stereocenters. The maximum atomic E-state index is 12.4. The summed E-state index contributed by atoms with van der Waals surface area (Å²) in [4.78, 5) is 22.5. The predicted octanol–water partition coefficient (Wildman–Crippen LogP) is 2.23. The molecule has 0 radical (unpaired) electrons. The highest BCUT2D eigenvalue weighted by Gasteiger charge is 2.27. The molecule has 1 fully saturated rings. The number of carbonyl (C=O) groups is 1. The third-order valence-corrected chi connectivity index (χ3v) is 4.22. The monoisotopic (exact) mass is 319 g/mol. The largest absolute Gasteiger partial charge is 0.477 e. The quantitative estimate of drug-likeness (QED) is 0.864. The van der Waals surface area contributed by atoms with Gasteiger partial charge in [-0.25, -0.2) is 9.97 Å². The van der Waals surface area contributed by atoms with Gasteiger partial charge in [0.25, 0.3) is 17.7 Å². The van der Waals surface area contributed by atoms with Crippen molar-refractivity contribution in [2.75, 3.05) is 20.2 Å². The van der Waals surface area contributed by atoms with Crippen molar-refractivity contribution >= 4 is 17.2 Å². The topological polar surface area (TPSA) is 64.6 Å². The molecule has 0 spiro atoms. The fourth-order valence-electron chi connectivity index (χ4n) is 2.48. The molecule has 1 amide bonds. The van der Waals surface area contributed by atoms with Crippen LogP contribution in [0.5, 0.6) is 11.8 Å². The number of thiophene rings is 1. The molecule has 1 aliphatic rings. The second-order valence-corrected chi connectivity index (χ2v) is 5.80. The Morgan fingerprint density at radius 3 is 2.91 bits per heavy atom. The van der Waals surface area contributed by atoms with Gasteiger partial charge in [0, 0.05) is 24.3 Å². The molecule has 6 nitrogen and oxygen atoms in total. The molecule has 0 aliphatic carbocycles. The first-order valence-electron chi connectivity index (χ1n) is 7.11. The second-order valence-electron chi connectivity index (χ2n) is 5.02. The molecule has 2 aromatic rings. The molecule has 0 saturated carbocycles. The molecule has 1 aliphatic heterocycles. The number of rotatable bonds is 4. The maximum absolute atomic E-state index is 12.4. The van der Waals surface area contributed by atoms with Gasteiger partial charge in [0.15, 0.2) is 0 Å². The zero-order valence-electron chi connectivity index (χ0n) is 12.3. The number of hydrogen-bond donors (Lipinski definition) is 0. The molecule has 2 aromatic heterocycles. The van der Waals surface area contributed by atoms with Crippen LogP contribution < -0.4 is 9.47 Å². The van der Waals surface area contributed by atoms with Crippen molar-refractivity contribution in [3.8, 4) is 11.8 Å². The van der Waals surface area contributed by atoms with Crippen molar-refractivity contribution in [3.63, 3.8) is 0 Å². The first-order chi connectivity index (χ1) is 10.8. The number of nitrogens with zero attached hydrogens (tertiary/aromatic N) is 3. The van der Waals surface area contributed by atoms with Crippen LogP contribution in [0, 0.1) is 0 Å². The van der Waals surface area contributed by atoms with Crippen LogP contribution in [0.1, 0.15) is 23.2 Å². The van der Waals surface area contributed by atoms with E-state index in [0.717, 1.165) is 24.9 Å². The summed E-state index contributed by atoms with van der Waals surface area (Å²) in [6.45, 7) is 1.31. The van der Waals surface area contributed by atoms with Crippen molar-refractivity contribution in [2.24, 2.45) is 0 Å². The molecule has 0 N–H and O–H groups in total. The van der Waals surface area contributed by atoms with Crippen LogP contribution in [0.3, 0.4) is 0 Å². The van der Waals surface area contributed by atoms with Crippen LogP contribution in [0.25, 0.3) is 0 Å². The van der Waals surface area contributed by atoms with Crippen molar-refractivity contribution in [2.45, 2.75) is 18.9 Å². The minimum absolute atomic E-state index is 0.0562. The third-order valence-electron chi connectivity index (χ3n) is 3.54. The Morgan fingerprint density at radius 2 is 2.18 bits per heavy atom. The van der Waals surface area contributed by atoms with Crippen LogP contribution >= 0.6 is 11.3 Å². The fourth-order valence-corrected chi connectivity index (χ4v) is 3.11. The molecule has 3 rings (SSSR count). The number of hydrogen-bond acceptors (Lipinski definition) is 6. The van der Waals surface area contributed by atoms with Crippen LogP contribution in [-0.2, 0) is 0 Å². The van der Waals surface area contributed by atoms with Crippen LogP contribution in [0.2, 0.25) is 0 Å². The highest BCUT2D eigenvalue weighted by atomic mass is 32.1. The normalized spacial score (nSPS) is 18.0. The lowest BCUT2D eigenvalue weighted by Crippen LogP contribution is -2.44. The Kier molecular flexibility index (Phi) is 4.53. The van der Waals surface area contributed by atoms with Crippen LogP contribution in [0.15, 0.2) is 29.2 Å². The molecular formula is C15H17N3O3S. The Bertz CT molecular complexity index is 633. The fraction of sp³-hybridized carbons (Fsp3) is 0.400. The lowest BCUT2D eigenvalue weighted by atomic mass is 10.1. The summed E-state index contributed by atoms with van der Waals surface area (Å²) < 4.78 is 11.0. The smallest absolute Gasteiger partial charge is 0.278 e. The standard InChI is InChI=1S/C15H17N3O3S/c1-20-13-14(17-6-5-16-13)21-12-3-2-7-18(9-12)15(19)11-4-8-22-10-11/h4-6,8,10,12H,2-3,7,9H2,1H3. The number of carbonyl (C=O) groups excluding carboxylic acids is 1. The van der Waals surface area contributed by atoms with E-state index in [0.29, 0.717) is 18.3 Å². The van der Waals surface area contributed by atoms with Gasteiger partial charge >= 0.3 is 0 Å². The number of piperidine rings is 1. The van der Waals surface area contributed by atoms with E-state index in [2.05, 4.69) is 9.97 Å². The Morgan fingerprint density at radius 1 is 1.36 bits per heavy atom. The predicted molar refractivity (Wildman–Crippen MR) is 82.5 cm³/mol. The van der Waals surface area contributed by atoms with Crippen molar-refractivity contribution in [1.82, 2.24) is 14.9 Å². The summed E-state index contributed by atoms with van der Waals surface area (Å²) in [5.41, 5.74) is 0.739. The Hall–Kier alpha value is -2.15. The summed E-state index contributed by atoms with van der Waals surface area (Å²) in [5.74, 6) is 0.796. The molecule has 1 saturated heterocycles. The number of ether oxygens (including phenoxy) is 2. The minimum Gasteiger partial charge on any atom is -0.477 e. The molecule has 116 valence electrons. The van der Waals surface area contributed by atoms with Gasteiger partial charge in [-0.2, -0.15) is 11.3 Å². The second kappa shape index (κ2) is 6.74. The van der Waals surface area contributed by atoms with Crippen molar-refractivity contribution in [1.29, 1.82) is 0 Å². The summed E-state index contributed by atoms with van der Waals surface area (Å²) in [7, 11) is 1.53. The lowest BCUT2D eigenvalue weighted by Gasteiger charge is -2.32. The van der Waals surface area contributed by atoms with Crippen LogP contribution in [0.4, 0.5) is 0 Å². The van der Waals surface area contributed by atoms with E-state index >= 15 is 0 Å². The zero-order valence-corrected chi connectivity index (χ0v) is 13.1. The van der Waals surface area contributed by atoms with Crippen molar-refractivity contribution in [3.05, 3.63) is 34.8 Å². The molecule has 7 heteroatoms. The van der Waals surface area contributed by atoms with E-state index in [9.17, 15) is 4.79 Å². The zero-order chi connectivity index (χ0) is 15.4. The number of likely N-dealkylation sites (tertiary alicyclic amines) is 1. The van der Waals surface area contributed by atoms with E-state index in [-0.39, 0.29) is 12.0 Å². The van der Waals surface area contributed by atoms with Gasteiger partial charge < -0.3 is 14.4 Å². The number of methoxy groups -OCH3 is 1. The first-order valence-corrected chi connectivity index (χ1v) is 8.05. The van der Waals surface area contributed by atoms with Crippen LogP contribution in [-0.4, -0.2) is 47.1 Å². The van der Waals surface area contributed by atoms with Gasteiger partial charge in [-0.1, -0.05) is 0 Å². The lowest BCUT2D eigenvalue weighted by molar-refractivity contribution is 0.0520. The van der Waals surface area contributed by atoms with Gasteiger partial charge in [-0.05, 0) is 24.3 Å². The van der Waals surface area contributed by atoms with E-state index < -0.39 is 0 Å². The van der Waals surface area contributed by atoms with Crippen molar-refractivity contribution < 1.29 is 14.3 Å². The number of amides is 1. The van der Waals surface area contributed by atoms with Gasteiger partial charge in [-0.15, -0.1) is 0 Å². The molecule has 0 aromatic carbocycles. The maximum Gasteiger partial charge on any atom is 0.278 e. The molecular weight excluding hydrogens is 302 g/mol. The molecule has 1 unspecified atom stereocenters.